The van der Waals surface area contributed by atoms with Crippen molar-refractivity contribution in [2.24, 2.45) is 0 Å². The molecule has 2 aromatic carbocycles. The highest BCUT2D eigenvalue weighted by atomic mass is 32.2. The number of alkyl halides is 3. The molecule has 2 rings (SSSR count). The molecule has 0 fully saturated rings. The molecule has 0 spiro atoms. The van der Waals surface area contributed by atoms with Gasteiger partial charge < -0.3 is 5.73 Å². The number of nitrogens with one attached hydrogen (secondary N) is 1. The summed E-state index contributed by atoms with van der Waals surface area (Å²) < 4.78 is 65.6. The SMILES string of the molecule is Nc1cccc(S(=O)(=O)NCc2ccccc2)c1C(F)(F)F. The lowest BCUT2D eigenvalue weighted by Crippen LogP contribution is -2.26. The minimum absolute atomic E-state index is 0.116. The predicted octanol–water partition coefficient (Wildman–Crippen LogP) is 2.77. The third kappa shape index (κ3) is 3.58. The summed E-state index contributed by atoms with van der Waals surface area (Å²) >= 11 is 0. The lowest BCUT2D eigenvalue weighted by Gasteiger charge is -2.15. The van der Waals surface area contributed by atoms with Crippen molar-refractivity contribution in [3.05, 3.63) is 59.7 Å². The third-order valence-corrected chi connectivity index (χ3v) is 4.38. The van der Waals surface area contributed by atoms with E-state index in [-0.39, 0.29) is 6.54 Å². The van der Waals surface area contributed by atoms with E-state index in [1.807, 2.05) is 0 Å². The van der Waals surface area contributed by atoms with Crippen LogP contribution in [0, 0.1) is 0 Å². The normalized spacial score (nSPS) is 12.3. The van der Waals surface area contributed by atoms with Crippen molar-refractivity contribution in [2.75, 3.05) is 5.73 Å². The average molecular weight is 330 g/mol. The largest absolute Gasteiger partial charge is 0.419 e. The monoisotopic (exact) mass is 330 g/mol. The molecule has 0 atom stereocenters. The molecule has 0 amide bonds. The summed E-state index contributed by atoms with van der Waals surface area (Å²) in [5.41, 5.74) is 3.95. The van der Waals surface area contributed by atoms with Crippen LogP contribution in [-0.2, 0) is 22.7 Å². The van der Waals surface area contributed by atoms with Crippen LogP contribution in [-0.4, -0.2) is 8.42 Å². The topological polar surface area (TPSA) is 72.2 Å². The molecule has 0 unspecified atom stereocenters. The Bertz CT molecular complexity index is 759. The number of nitrogens with two attached hydrogens (primary N) is 1. The lowest BCUT2D eigenvalue weighted by atomic mass is 10.2. The van der Waals surface area contributed by atoms with Gasteiger partial charge in [-0.2, -0.15) is 13.2 Å². The summed E-state index contributed by atoms with van der Waals surface area (Å²) in [6, 6.07) is 11.5. The summed E-state index contributed by atoms with van der Waals surface area (Å²) in [6.07, 6.45) is -4.86. The first kappa shape index (κ1) is 16.3. The zero-order valence-corrected chi connectivity index (χ0v) is 12.1. The van der Waals surface area contributed by atoms with Crippen molar-refractivity contribution in [2.45, 2.75) is 17.6 Å². The molecule has 22 heavy (non-hydrogen) atoms. The van der Waals surface area contributed by atoms with Gasteiger partial charge in [0, 0.05) is 12.2 Å². The second-order valence-electron chi connectivity index (χ2n) is 4.53. The Balaban J connectivity index is 2.36. The minimum atomic E-state index is -4.86. The smallest absolute Gasteiger partial charge is 0.398 e. The van der Waals surface area contributed by atoms with Gasteiger partial charge >= 0.3 is 6.18 Å². The molecule has 8 heteroatoms. The van der Waals surface area contributed by atoms with Crippen molar-refractivity contribution in [1.29, 1.82) is 0 Å². The molecule has 0 aliphatic heterocycles. The molecule has 4 nitrogen and oxygen atoms in total. The molecule has 0 saturated carbocycles. The maximum atomic E-state index is 13.0. The fourth-order valence-electron chi connectivity index (χ4n) is 1.93. The van der Waals surface area contributed by atoms with Gasteiger partial charge in [-0.05, 0) is 17.7 Å². The second-order valence-corrected chi connectivity index (χ2v) is 6.26. The zero-order valence-electron chi connectivity index (χ0n) is 11.3. The Kier molecular flexibility index (Phi) is 4.43. The van der Waals surface area contributed by atoms with Gasteiger partial charge in [-0.25, -0.2) is 13.1 Å². The highest BCUT2D eigenvalue weighted by Crippen LogP contribution is 2.37. The van der Waals surface area contributed by atoms with E-state index in [2.05, 4.69) is 4.72 Å². The van der Waals surface area contributed by atoms with Gasteiger partial charge in [0.15, 0.2) is 0 Å². The molecule has 0 aliphatic rings. The van der Waals surface area contributed by atoms with E-state index >= 15 is 0 Å². The lowest BCUT2D eigenvalue weighted by molar-refractivity contribution is -0.139. The Labute approximate surface area is 125 Å². The first-order valence-corrected chi connectivity index (χ1v) is 7.69. The Morgan fingerprint density at radius 2 is 1.64 bits per heavy atom. The maximum Gasteiger partial charge on any atom is 0.419 e. The van der Waals surface area contributed by atoms with Crippen LogP contribution >= 0.6 is 0 Å². The molecule has 0 aliphatic carbocycles. The number of benzene rings is 2. The maximum absolute atomic E-state index is 13.0. The van der Waals surface area contributed by atoms with E-state index in [9.17, 15) is 21.6 Å². The summed E-state index contributed by atoms with van der Waals surface area (Å²) in [4.78, 5) is -0.879. The predicted molar refractivity (Wildman–Crippen MR) is 76.3 cm³/mol. The third-order valence-electron chi connectivity index (χ3n) is 2.94. The van der Waals surface area contributed by atoms with E-state index in [1.54, 1.807) is 30.3 Å². The number of sulfonamides is 1. The van der Waals surface area contributed by atoms with Crippen LogP contribution < -0.4 is 10.5 Å². The number of nitrogen functional groups attached to an aromatic ring is 1. The summed E-state index contributed by atoms with van der Waals surface area (Å²) in [6.45, 7) is -0.116. The van der Waals surface area contributed by atoms with Crippen LogP contribution in [0.4, 0.5) is 18.9 Å². The molecule has 0 radical (unpaired) electrons. The summed E-state index contributed by atoms with van der Waals surface area (Å²) in [5.74, 6) is 0. The van der Waals surface area contributed by atoms with Gasteiger partial charge in [0.2, 0.25) is 10.0 Å². The molecule has 118 valence electrons. The van der Waals surface area contributed by atoms with Crippen molar-refractivity contribution in [1.82, 2.24) is 4.72 Å². The zero-order chi connectivity index (χ0) is 16.4. The van der Waals surface area contributed by atoms with E-state index in [0.717, 1.165) is 12.1 Å². The van der Waals surface area contributed by atoms with Gasteiger partial charge in [0.25, 0.3) is 0 Å². The minimum Gasteiger partial charge on any atom is -0.398 e. The van der Waals surface area contributed by atoms with Crippen molar-refractivity contribution in [3.63, 3.8) is 0 Å². The number of anilines is 1. The quantitative estimate of drug-likeness (QED) is 0.847. The number of hydrogen-bond donors (Lipinski definition) is 2. The van der Waals surface area contributed by atoms with Crippen molar-refractivity contribution >= 4 is 15.7 Å². The standard InChI is InChI=1S/C14H13F3N2O2S/c15-14(16,17)13-11(18)7-4-8-12(13)22(20,21)19-9-10-5-2-1-3-6-10/h1-8,19H,9,18H2. The number of hydrogen-bond acceptors (Lipinski definition) is 3. The van der Waals surface area contributed by atoms with E-state index < -0.39 is 32.3 Å². The first-order valence-electron chi connectivity index (χ1n) is 6.21. The highest BCUT2D eigenvalue weighted by Gasteiger charge is 2.39. The van der Waals surface area contributed by atoms with Gasteiger partial charge in [0.1, 0.15) is 0 Å². The highest BCUT2D eigenvalue weighted by molar-refractivity contribution is 7.89. The van der Waals surface area contributed by atoms with Crippen LogP contribution in [0.15, 0.2) is 53.4 Å². The molecule has 3 N–H and O–H groups in total. The molecule has 0 bridgehead atoms. The number of halogens is 3. The van der Waals surface area contributed by atoms with Gasteiger partial charge in [0.05, 0.1) is 10.5 Å². The van der Waals surface area contributed by atoms with Crippen molar-refractivity contribution < 1.29 is 21.6 Å². The Morgan fingerprint density at radius 1 is 1.00 bits per heavy atom. The van der Waals surface area contributed by atoms with E-state index in [0.29, 0.717) is 5.56 Å². The molecular weight excluding hydrogens is 317 g/mol. The first-order chi connectivity index (χ1) is 10.2. The molecule has 0 aromatic heterocycles. The molecule has 2 aromatic rings. The fourth-order valence-corrected chi connectivity index (χ4v) is 3.20. The Hall–Kier alpha value is -2.06. The van der Waals surface area contributed by atoms with Crippen LogP contribution in [0.25, 0.3) is 0 Å². The van der Waals surface area contributed by atoms with Gasteiger partial charge in [-0.3, -0.25) is 0 Å². The van der Waals surface area contributed by atoms with Crippen molar-refractivity contribution in [3.8, 4) is 0 Å². The van der Waals surface area contributed by atoms with Crippen LogP contribution in [0.3, 0.4) is 0 Å². The number of rotatable bonds is 4. The molecular formula is C14H13F3N2O2S. The molecule has 0 saturated heterocycles. The summed E-state index contributed by atoms with van der Waals surface area (Å²) in [5, 5.41) is 0. The van der Waals surface area contributed by atoms with Gasteiger partial charge in [-0.1, -0.05) is 36.4 Å². The molecule has 0 heterocycles. The average Bonchev–Trinajstić information content (AvgIpc) is 2.45. The fraction of sp³-hybridized carbons (Fsp3) is 0.143. The summed E-state index contributed by atoms with van der Waals surface area (Å²) in [7, 11) is -4.34. The van der Waals surface area contributed by atoms with Crippen LogP contribution in [0.2, 0.25) is 0 Å². The second kappa shape index (κ2) is 5.98. The van der Waals surface area contributed by atoms with Crippen LogP contribution in [0.5, 0.6) is 0 Å². The van der Waals surface area contributed by atoms with E-state index in [1.165, 1.54) is 6.07 Å². The van der Waals surface area contributed by atoms with E-state index in [4.69, 9.17) is 5.73 Å². The van der Waals surface area contributed by atoms with Gasteiger partial charge in [-0.15, -0.1) is 0 Å². The Morgan fingerprint density at radius 3 is 2.23 bits per heavy atom. The van der Waals surface area contributed by atoms with Crippen LogP contribution in [0.1, 0.15) is 11.1 Å².